The van der Waals surface area contributed by atoms with Crippen LogP contribution < -0.4 is 10.6 Å². The fourth-order valence-electron chi connectivity index (χ4n) is 1.86. The van der Waals surface area contributed by atoms with Crippen molar-refractivity contribution in [2.45, 2.75) is 20.3 Å². The van der Waals surface area contributed by atoms with Crippen molar-refractivity contribution in [1.29, 1.82) is 0 Å². The molecule has 0 radical (unpaired) electrons. The minimum Gasteiger partial charge on any atom is -0.351 e. The van der Waals surface area contributed by atoms with E-state index < -0.39 is 0 Å². The summed E-state index contributed by atoms with van der Waals surface area (Å²) in [5.74, 6) is 0.650. The van der Waals surface area contributed by atoms with Crippen LogP contribution in [0.15, 0.2) is 23.9 Å². The maximum Gasteiger partial charge on any atom is 0.0474 e. The van der Waals surface area contributed by atoms with Gasteiger partial charge < -0.3 is 4.57 Å². The van der Waals surface area contributed by atoms with Crippen molar-refractivity contribution >= 4 is 12.2 Å². The molecule has 2 rings (SSSR count). The third kappa shape index (κ3) is 1.54. The number of aryl methyl sites for hydroxylation is 1. The quantitative estimate of drug-likeness (QED) is 0.629. The van der Waals surface area contributed by atoms with Crippen LogP contribution in [0.1, 0.15) is 20.3 Å². The van der Waals surface area contributed by atoms with Crippen molar-refractivity contribution in [2.75, 3.05) is 0 Å². The molecule has 0 atom stereocenters. The molecular weight excluding hydrogens is 170 g/mol. The molecule has 1 aliphatic carbocycles. The normalized spacial score (nSPS) is 15.3. The minimum absolute atomic E-state index is 0.650. The summed E-state index contributed by atoms with van der Waals surface area (Å²) < 4.78 is 2.17. The van der Waals surface area contributed by atoms with Gasteiger partial charge in [-0.2, -0.15) is 0 Å². The number of nitrogens with zero attached hydrogens (tertiary/aromatic N) is 1. The molecule has 74 valence electrons. The van der Waals surface area contributed by atoms with Gasteiger partial charge in [-0.15, -0.1) is 0 Å². The maximum absolute atomic E-state index is 2.32. The standard InChI is InChI=1S/C13H17N/c1-10(2)11-4-5-12-8-9-14(3)13(12)7-6-11/h5-10H,4H2,1-3H3. The molecule has 0 fully saturated rings. The number of rotatable bonds is 1. The maximum atomic E-state index is 2.32. The van der Waals surface area contributed by atoms with Crippen LogP contribution in [-0.2, 0) is 7.05 Å². The Morgan fingerprint density at radius 2 is 2.07 bits per heavy atom. The third-order valence-corrected chi connectivity index (χ3v) is 2.91. The molecule has 0 bridgehead atoms. The first-order valence-electron chi connectivity index (χ1n) is 5.21. The van der Waals surface area contributed by atoms with Crippen molar-refractivity contribution in [3.05, 3.63) is 34.5 Å². The highest BCUT2D eigenvalue weighted by atomic mass is 14.9. The Morgan fingerprint density at radius 1 is 1.29 bits per heavy atom. The van der Waals surface area contributed by atoms with E-state index in [-0.39, 0.29) is 0 Å². The number of fused-ring (bicyclic) bond motifs is 1. The van der Waals surface area contributed by atoms with Gasteiger partial charge >= 0.3 is 0 Å². The van der Waals surface area contributed by atoms with Gasteiger partial charge in [-0.05, 0) is 29.7 Å². The molecule has 1 heteroatoms. The topological polar surface area (TPSA) is 4.93 Å². The first-order chi connectivity index (χ1) is 6.68. The lowest BCUT2D eigenvalue weighted by atomic mass is 10.00. The van der Waals surface area contributed by atoms with Crippen molar-refractivity contribution in [3.63, 3.8) is 0 Å². The molecular formula is C13H17N. The first kappa shape index (κ1) is 9.32. The van der Waals surface area contributed by atoms with E-state index in [0.717, 1.165) is 6.42 Å². The zero-order valence-electron chi connectivity index (χ0n) is 9.12. The molecule has 0 saturated carbocycles. The van der Waals surface area contributed by atoms with Crippen molar-refractivity contribution in [3.8, 4) is 0 Å². The Morgan fingerprint density at radius 3 is 2.79 bits per heavy atom. The Hall–Kier alpha value is -1.24. The summed E-state index contributed by atoms with van der Waals surface area (Å²) in [5.41, 5.74) is 1.52. The molecule has 0 amide bonds. The van der Waals surface area contributed by atoms with Crippen LogP contribution in [0.2, 0.25) is 0 Å². The van der Waals surface area contributed by atoms with E-state index in [1.165, 1.54) is 16.1 Å². The summed E-state index contributed by atoms with van der Waals surface area (Å²) in [7, 11) is 2.09. The zero-order valence-corrected chi connectivity index (χ0v) is 9.12. The molecule has 1 aromatic rings. The van der Waals surface area contributed by atoms with Crippen LogP contribution in [0.4, 0.5) is 0 Å². The van der Waals surface area contributed by atoms with E-state index in [1.807, 2.05) is 0 Å². The molecule has 0 N–H and O–H groups in total. The van der Waals surface area contributed by atoms with Crippen LogP contribution >= 0.6 is 0 Å². The number of aromatic nitrogens is 1. The van der Waals surface area contributed by atoms with Gasteiger partial charge in [-0.25, -0.2) is 0 Å². The summed E-state index contributed by atoms with van der Waals surface area (Å²) in [4.78, 5) is 0. The number of hydrogen-bond acceptors (Lipinski definition) is 0. The van der Waals surface area contributed by atoms with Gasteiger partial charge in [0.1, 0.15) is 0 Å². The molecule has 0 unspecified atom stereocenters. The van der Waals surface area contributed by atoms with Crippen molar-refractivity contribution in [2.24, 2.45) is 13.0 Å². The Balaban J connectivity index is 2.55. The molecule has 0 saturated heterocycles. The highest BCUT2D eigenvalue weighted by molar-refractivity contribution is 5.46. The Labute approximate surface area is 85.1 Å². The second kappa shape index (κ2) is 3.49. The summed E-state index contributed by atoms with van der Waals surface area (Å²) in [6.07, 6.45) is 10.0. The highest BCUT2D eigenvalue weighted by Gasteiger charge is 2.03. The van der Waals surface area contributed by atoms with E-state index in [4.69, 9.17) is 0 Å². The largest absolute Gasteiger partial charge is 0.351 e. The van der Waals surface area contributed by atoms with Crippen LogP contribution in [0.25, 0.3) is 12.2 Å². The van der Waals surface area contributed by atoms with Crippen molar-refractivity contribution in [1.82, 2.24) is 4.57 Å². The molecule has 0 aromatic carbocycles. The summed E-state index contributed by atoms with van der Waals surface area (Å²) in [6, 6.07) is 2.18. The predicted octanol–water partition coefficient (Wildman–Crippen LogP) is 1.57. The third-order valence-electron chi connectivity index (χ3n) is 2.91. The fourth-order valence-corrected chi connectivity index (χ4v) is 1.86. The van der Waals surface area contributed by atoms with E-state index in [0.29, 0.717) is 5.92 Å². The fraction of sp³-hybridized carbons (Fsp3) is 0.385. The van der Waals surface area contributed by atoms with E-state index in [1.54, 1.807) is 0 Å². The SMILES string of the molecule is CC(C)C1=CC=c2c(ccn2C)=CC1. The summed E-state index contributed by atoms with van der Waals surface area (Å²) in [5, 5.41) is 2.68. The Bertz CT molecular complexity index is 472. The monoisotopic (exact) mass is 187 g/mol. The van der Waals surface area contributed by atoms with Crippen molar-refractivity contribution < 1.29 is 0 Å². The van der Waals surface area contributed by atoms with Crippen LogP contribution in [-0.4, -0.2) is 4.57 Å². The van der Waals surface area contributed by atoms with Gasteiger partial charge in [0.2, 0.25) is 0 Å². The molecule has 1 heterocycles. The lowest BCUT2D eigenvalue weighted by Crippen LogP contribution is -2.26. The van der Waals surface area contributed by atoms with Gasteiger partial charge in [0.25, 0.3) is 0 Å². The second-order valence-corrected chi connectivity index (χ2v) is 4.24. The van der Waals surface area contributed by atoms with Crippen LogP contribution in [0, 0.1) is 5.92 Å². The minimum atomic E-state index is 0.650. The highest BCUT2D eigenvalue weighted by Crippen LogP contribution is 2.15. The van der Waals surface area contributed by atoms with Crippen LogP contribution in [0.3, 0.4) is 0 Å². The number of allylic oxidation sites excluding steroid dienone is 2. The van der Waals surface area contributed by atoms with Crippen LogP contribution in [0.5, 0.6) is 0 Å². The number of hydrogen-bond donors (Lipinski definition) is 0. The molecule has 0 aliphatic heterocycles. The Kier molecular flexibility index (Phi) is 2.32. The average Bonchev–Trinajstić information content (AvgIpc) is 2.38. The molecule has 14 heavy (non-hydrogen) atoms. The lowest BCUT2D eigenvalue weighted by molar-refractivity contribution is 0.755. The predicted molar refractivity (Wildman–Crippen MR) is 61.1 cm³/mol. The van der Waals surface area contributed by atoms with Gasteiger partial charge in [0.05, 0.1) is 0 Å². The smallest absolute Gasteiger partial charge is 0.0474 e. The average molecular weight is 187 g/mol. The summed E-state index contributed by atoms with van der Waals surface area (Å²) in [6.45, 7) is 4.51. The molecule has 1 nitrogen and oxygen atoms in total. The lowest BCUT2D eigenvalue weighted by Gasteiger charge is -2.06. The van der Waals surface area contributed by atoms with E-state index >= 15 is 0 Å². The van der Waals surface area contributed by atoms with E-state index in [9.17, 15) is 0 Å². The van der Waals surface area contributed by atoms with Gasteiger partial charge in [-0.1, -0.05) is 31.6 Å². The molecule has 1 aromatic heterocycles. The van der Waals surface area contributed by atoms with Gasteiger partial charge in [-0.3, -0.25) is 0 Å². The summed E-state index contributed by atoms with van der Waals surface area (Å²) >= 11 is 0. The first-order valence-corrected chi connectivity index (χ1v) is 5.21. The van der Waals surface area contributed by atoms with Gasteiger partial charge in [0.15, 0.2) is 0 Å². The van der Waals surface area contributed by atoms with Gasteiger partial charge in [0, 0.05) is 18.6 Å². The molecule has 0 spiro atoms. The molecule has 1 aliphatic rings. The second-order valence-electron chi connectivity index (χ2n) is 4.24. The zero-order chi connectivity index (χ0) is 10.1. The van der Waals surface area contributed by atoms with E-state index in [2.05, 4.69) is 56.0 Å².